The van der Waals surface area contributed by atoms with Gasteiger partial charge >= 0.3 is 0 Å². The Labute approximate surface area is 96.5 Å². The lowest BCUT2D eigenvalue weighted by Gasteiger charge is -2.41. The van der Waals surface area contributed by atoms with Crippen LogP contribution in [0.5, 0.6) is 0 Å². The Morgan fingerprint density at radius 2 is 1.60 bits per heavy atom. The lowest BCUT2D eigenvalue weighted by molar-refractivity contribution is 0.751. The summed E-state index contributed by atoms with van der Waals surface area (Å²) < 4.78 is 0. The third-order valence-electron chi connectivity index (χ3n) is 4.47. The topological polar surface area (TPSA) is 0 Å². The summed E-state index contributed by atoms with van der Waals surface area (Å²) in [6, 6.07) is 0. The molecule has 1 aliphatic rings. The van der Waals surface area contributed by atoms with Crippen molar-refractivity contribution in [3.05, 3.63) is 22.8 Å². The first-order chi connectivity index (χ1) is 6.62. The van der Waals surface area contributed by atoms with Crippen molar-refractivity contribution in [3.63, 3.8) is 0 Å². The van der Waals surface area contributed by atoms with E-state index >= 15 is 0 Å². The minimum absolute atomic E-state index is 0.382. The molecule has 0 nitrogen and oxygen atoms in total. The van der Waals surface area contributed by atoms with Crippen molar-refractivity contribution in [2.45, 2.75) is 59.3 Å². The van der Waals surface area contributed by atoms with Crippen LogP contribution in [0.25, 0.3) is 0 Å². The van der Waals surface area contributed by atoms with Gasteiger partial charge in [0.15, 0.2) is 0 Å². The van der Waals surface area contributed by atoms with Gasteiger partial charge in [-0.15, -0.1) is 0 Å². The fourth-order valence-corrected chi connectivity index (χ4v) is 5.35. The molecule has 0 saturated carbocycles. The van der Waals surface area contributed by atoms with E-state index in [0.29, 0.717) is 11.0 Å². The second kappa shape index (κ2) is 3.62. The smallest absolute Gasteiger partial charge is 0.0600 e. The van der Waals surface area contributed by atoms with Crippen LogP contribution in [-0.4, -0.2) is 8.07 Å². The van der Waals surface area contributed by atoms with E-state index in [1.165, 1.54) is 0 Å². The van der Waals surface area contributed by atoms with E-state index in [9.17, 15) is 0 Å². The van der Waals surface area contributed by atoms with Crippen LogP contribution in [0.4, 0.5) is 0 Å². The van der Waals surface area contributed by atoms with Crippen LogP contribution in [0.3, 0.4) is 0 Å². The molecule has 1 rings (SSSR count). The zero-order valence-corrected chi connectivity index (χ0v) is 12.7. The third kappa shape index (κ3) is 1.75. The molecule has 0 aromatic carbocycles. The van der Waals surface area contributed by atoms with Crippen LogP contribution in [-0.2, 0) is 0 Å². The highest BCUT2D eigenvalue weighted by Gasteiger charge is 2.45. The Morgan fingerprint density at radius 3 is 1.80 bits per heavy atom. The molecule has 0 fully saturated rings. The number of hydrogen-bond donors (Lipinski definition) is 0. The Hall–Kier alpha value is -0.303. The summed E-state index contributed by atoms with van der Waals surface area (Å²) in [6.45, 7) is 19.2. The van der Waals surface area contributed by atoms with Crippen molar-refractivity contribution in [3.8, 4) is 0 Å². The standard InChI is InChI=1S/C14H26Si/c1-10(2)13-9-11(3)14(5,12(13)4)15(6,7)8/h9-10H,1-8H3/t14-/m1/s1. The van der Waals surface area contributed by atoms with Crippen molar-refractivity contribution >= 4 is 8.07 Å². The van der Waals surface area contributed by atoms with Gasteiger partial charge in [0.25, 0.3) is 0 Å². The number of allylic oxidation sites excluding steroid dienone is 4. The average Bonchev–Trinajstić information content (AvgIpc) is 2.29. The summed E-state index contributed by atoms with van der Waals surface area (Å²) in [6.07, 6.45) is 2.44. The lowest BCUT2D eigenvalue weighted by Crippen LogP contribution is -2.38. The molecule has 86 valence electrons. The van der Waals surface area contributed by atoms with Crippen molar-refractivity contribution in [2.24, 2.45) is 5.92 Å². The van der Waals surface area contributed by atoms with Crippen LogP contribution >= 0.6 is 0 Å². The van der Waals surface area contributed by atoms with Gasteiger partial charge in [0.05, 0.1) is 8.07 Å². The SMILES string of the molecule is CC1=CC(C(C)C)=C(C)[C@]1(C)[Si](C)(C)C. The van der Waals surface area contributed by atoms with Crippen LogP contribution in [0, 0.1) is 5.92 Å². The van der Waals surface area contributed by atoms with Gasteiger partial charge in [0.2, 0.25) is 0 Å². The molecule has 0 saturated heterocycles. The zero-order chi connectivity index (χ0) is 12.0. The largest absolute Gasteiger partial charge is 0.0686 e. The minimum Gasteiger partial charge on any atom is -0.0686 e. The molecule has 1 heteroatoms. The van der Waals surface area contributed by atoms with Crippen LogP contribution in [0.15, 0.2) is 22.8 Å². The molecule has 0 unspecified atom stereocenters. The predicted molar refractivity (Wildman–Crippen MR) is 73.0 cm³/mol. The molecule has 0 aliphatic heterocycles. The van der Waals surface area contributed by atoms with Gasteiger partial charge in [0, 0.05) is 5.04 Å². The maximum atomic E-state index is 2.48. The van der Waals surface area contributed by atoms with Crippen molar-refractivity contribution < 1.29 is 0 Å². The molecule has 15 heavy (non-hydrogen) atoms. The maximum Gasteiger partial charge on any atom is 0.0600 e. The molecule has 1 aliphatic carbocycles. The summed E-state index contributed by atoms with van der Waals surface area (Å²) in [5.41, 5.74) is 4.80. The van der Waals surface area contributed by atoms with Gasteiger partial charge in [-0.25, -0.2) is 0 Å². The molecule has 0 amide bonds. The molecule has 0 spiro atoms. The molecular weight excluding hydrogens is 196 g/mol. The predicted octanol–water partition coefficient (Wildman–Crippen LogP) is 5.02. The normalized spacial score (nSPS) is 27.7. The monoisotopic (exact) mass is 222 g/mol. The molecule has 0 aromatic rings. The minimum atomic E-state index is -1.19. The fourth-order valence-electron chi connectivity index (χ4n) is 2.82. The van der Waals surface area contributed by atoms with Crippen LogP contribution in [0.1, 0.15) is 34.6 Å². The maximum absolute atomic E-state index is 2.48. The van der Waals surface area contributed by atoms with E-state index in [1.807, 2.05) is 0 Å². The first-order valence-electron chi connectivity index (χ1n) is 6.02. The van der Waals surface area contributed by atoms with E-state index in [4.69, 9.17) is 0 Å². The molecule has 1 atom stereocenters. The fraction of sp³-hybridized carbons (Fsp3) is 0.714. The van der Waals surface area contributed by atoms with Crippen molar-refractivity contribution in [1.82, 2.24) is 0 Å². The molecule has 0 aromatic heterocycles. The Balaban J connectivity index is 3.31. The van der Waals surface area contributed by atoms with E-state index < -0.39 is 8.07 Å². The summed E-state index contributed by atoms with van der Waals surface area (Å²) in [4.78, 5) is 0. The third-order valence-corrected chi connectivity index (χ3v) is 8.24. The highest BCUT2D eigenvalue weighted by molar-refractivity contribution is 6.80. The van der Waals surface area contributed by atoms with Crippen molar-refractivity contribution in [1.29, 1.82) is 0 Å². The van der Waals surface area contributed by atoms with E-state index in [-0.39, 0.29) is 0 Å². The Bertz CT molecular complexity index is 326. The first kappa shape index (κ1) is 12.8. The molecule has 0 N–H and O–H groups in total. The van der Waals surface area contributed by atoms with E-state index in [1.54, 1.807) is 16.7 Å². The lowest BCUT2D eigenvalue weighted by atomic mass is 9.95. The van der Waals surface area contributed by atoms with Gasteiger partial charge in [-0.3, -0.25) is 0 Å². The Morgan fingerprint density at radius 1 is 1.13 bits per heavy atom. The van der Waals surface area contributed by atoms with Gasteiger partial charge in [-0.05, 0) is 25.3 Å². The summed E-state index contributed by atoms with van der Waals surface area (Å²) in [7, 11) is -1.19. The van der Waals surface area contributed by atoms with Gasteiger partial charge in [-0.2, -0.15) is 0 Å². The average molecular weight is 222 g/mol. The zero-order valence-electron chi connectivity index (χ0n) is 11.7. The highest BCUT2D eigenvalue weighted by Crippen LogP contribution is 2.56. The van der Waals surface area contributed by atoms with Gasteiger partial charge < -0.3 is 0 Å². The molecule has 0 bridgehead atoms. The first-order valence-corrected chi connectivity index (χ1v) is 9.52. The van der Waals surface area contributed by atoms with E-state index in [0.717, 1.165) is 0 Å². The summed E-state index contributed by atoms with van der Waals surface area (Å²) in [5, 5.41) is 0.382. The second-order valence-corrected chi connectivity index (χ2v) is 11.9. The van der Waals surface area contributed by atoms with E-state index in [2.05, 4.69) is 60.3 Å². The Kier molecular flexibility index (Phi) is 3.08. The molecule has 0 heterocycles. The quantitative estimate of drug-likeness (QED) is 0.576. The van der Waals surface area contributed by atoms with Crippen molar-refractivity contribution in [2.75, 3.05) is 0 Å². The second-order valence-electron chi connectivity index (χ2n) is 6.44. The number of hydrogen-bond acceptors (Lipinski definition) is 0. The van der Waals surface area contributed by atoms with Crippen LogP contribution < -0.4 is 0 Å². The van der Waals surface area contributed by atoms with Crippen LogP contribution in [0.2, 0.25) is 24.7 Å². The summed E-state index contributed by atoms with van der Waals surface area (Å²) in [5.74, 6) is 0.665. The highest BCUT2D eigenvalue weighted by atomic mass is 28.3. The number of rotatable bonds is 2. The summed E-state index contributed by atoms with van der Waals surface area (Å²) >= 11 is 0. The molecular formula is C14H26Si. The van der Waals surface area contributed by atoms with Gasteiger partial charge in [0.1, 0.15) is 0 Å². The molecule has 0 radical (unpaired) electrons. The van der Waals surface area contributed by atoms with Gasteiger partial charge in [-0.1, -0.05) is 57.6 Å².